The Hall–Kier alpha value is -2.54. The van der Waals surface area contributed by atoms with Gasteiger partial charge in [0.2, 0.25) is 5.88 Å². The predicted octanol–water partition coefficient (Wildman–Crippen LogP) is 3.67. The minimum absolute atomic E-state index is 0.0633. The molecule has 1 aromatic carbocycles. The largest absolute Gasteiger partial charge is 0.472 e. The summed E-state index contributed by atoms with van der Waals surface area (Å²) in [4.78, 5) is 21.6. The number of thiophene rings is 1. The molecule has 1 aliphatic rings. The molecular weight excluding hydrogens is 314 g/mol. The van der Waals surface area contributed by atoms with Gasteiger partial charge in [-0.05, 0) is 30.9 Å². The lowest BCUT2D eigenvalue weighted by Crippen LogP contribution is -2.02. The van der Waals surface area contributed by atoms with E-state index in [1.54, 1.807) is 29.5 Å². The lowest BCUT2D eigenvalue weighted by Gasteiger charge is -2.07. The molecule has 0 radical (unpaired) electrons. The number of nitro benzene ring substituents is 1. The van der Waals surface area contributed by atoms with Gasteiger partial charge in [0.05, 0.1) is 15.9 Å². The van der Waals surface area contributed by atoms with Crippen LogP contribution in [0.4, 0.5) is 5.69 Å². The normalized spacial score (nSPS) is 13.2. The van der Waals surface area contributed by atoms with Crippen molar-refractivity contribution in [2.45, 2.75) is 25.9 Å². The van der Waals surface area contributed by atoms with Crippen molar-refractivity contribution in [2.24, 2.45) is 0 Å². The molecule has 4 rings (SSSR count). The van der Waals surface area contributed by atoms with Crippen LogP contribution in [0.3, 0.4) is 0 Å². The van der Waals surface area contributed by atoms with Gasteiger partial charge in [-0.25, -0.2) is 9.97 Å². The summed E-state index contributed by atoms with van der Waals surface area (Å²) in [6.07, 6.45) is 4.74. The van der Waals surface area contributed by atoms with Crippen LogP contribution in [0.5, 0.6) is 5.88 Å². The molecule has 3 aromatic rings. The molecule has 0 amide bonds. The molecule has 0 saturated carbocycles. The number of hydrogen-bond acceptors (Lipinski definition) is 6. The average molecular weight is 327 g/mol. The fraction of sp³-hybridized carbons (Fsp3) is 0.250. The molecule has 1 aliphatic carbocycles. The molecule has 0 bridgehead atoms. The van der Waals surface area contributed by atoms with E-state index in [0.717, 1.165) is 29.5 Å². The van der Waals surface area contributed by atoms with Gasteiger partial charge in [-0.2, -0.15) is 0 Å². The first-order valence-electron chi connectivity index (χ1n) is 7.34. The summed E-state index contributed by atoms with van der Waals surface area (Å²) in [6.45, 7) is 0.119. The van der Waals surface area contributed by atoms with Crippen molar-refractivity contribution in [1.29, 1.82) is 0 Å². The zero-order valence-electron chi connectivity index (χ0n) is 12.2. The fourth-order valence-corrected chi connectivity index (χ4v) is 4.19. The van der Waals surface area contributed by atoms with Crippen LogP contribution < -0.4 is 4.74 Å². The van der Waals surface area contributed by atoms with E-state index in [4.69, 9.17) is 4.74 Å². The zero-order chi connectivity index (χ0) is 15.8. The lowest BCUT2D eigenvalue weighted by molar-refractivity contribution is -0.385. The number of benzene rings is 1. The van der Waals surface area contributed by atoms with E-state index in [2.05, 4.69) is 9.97 Å². The van der Waals surface area contributed by atoms with Crippen LogP contribution in [0.15, 0.2) is 30.6 Å². The summed E-state index contributed by atoms with van der Waals surface area (Å²) >= 11 is 1.69. The summed E-state index contributed by atoms with van der Waals surface area (Å²) in [6, 6.07) is 6.60. The highest BCUT2D eigenvalue weighted by molar-refractivity contribution is 7.18. The highest BCUT2D eigenvalue weighted by atomic mass is 32.1. The maximum Gasteiger partial charge on any atom is 0.276 e. The molecular formula is C16H13N3O3S. The first-order chi connectivity index (χ1) is 11.2. The van der Waals surface area contributed by atoms with Crippen LogP contribution in [0.1, 0.15) is 22.4 Å². The molecule has 23 heavy (non-hydrogen) atoms. The first-order valence-corrected chi connectivity index (χ1v) is 8.16. The van der Waals surface area contributed by atoms with Crippen molar-refractivity contribution in [1.82, 2.24) is 9.97 Å². The summed E-state index contributed by atoms with van der Waals surface area (Å²) in [5.74, 6) is 0.521. The third-order valence-electron chi connectivity index (χ3n) is 4.02. The van der Waals surface area contributed by atoms with E-state index in [-0.39, 0.29) is 12.3 Å². The number of fused-ring (bicyclic) bond motifs is 3. The molecule has 0 N–H and O–H groups in total. The van der Waals surface area contributed by atoms with E-state index in [1.807, 2.05) is 0 Å². The summed E-state index contributed by atoms with van der Waals surface area (Å²) in [7, 11) is 0. The first kappa shape index (κ1) is 14.1. The Labute approximate surface area is 135 Å². The second kappa shape index (κ2) is 5.58. The number of rotatable bonds is 4. The zero-order valence-corrected chi connectivity index (χ0v) is 13.0. The van der Waals surface area contributed by atoms with Gasteiger partial charge in [-0.3, -0.25) is 10.1 Å². The Kier molecular flexibility index (Phi) is 3.42. The van der Waals surface area contributed by atoms with Crippen LogP contribution in [-0.4, -0.2) is 14.9 Å². The van der Waals surface area contributed by atoms with E-state index < -0.39 is 4.92 Å². The summed E-state index contributed by atoms with van der Waals surface area (Å²) in [5, 5.41) is 12.1. The van der Waals surface area contributed by atoms with Gasteiger partial charge in [-0.15, -0.1) is 11.3 Å². The maximum atomic E-state index is 11.1. The molecule has 7 heteroatoms. The molecule has 0 saturated heterocycles. The van der Waals surface area contributed by atoms with Gasteiger partial charge in [0, 0.05) is 10.9 Å². The Morgan fingerprint density at radius 2 is 2.13 bits per heavy atom. The summed E-state index contributed by atoms with van der Waals surface area (Å²) in [5.41, 5.74) is 1.88. The van der Waals surface area contributed by atoms with Gasteiger partial charge >= 0.3 is 0 Å². The Morgan fingerprint density at radius 1 is 1.26 bits per heavy atom. The van der Waals surface area contributed by atoms with E-state index in [0.29, 0.717) is 11.4 Å². The quantitative estimate of drug-likeness (QED) is 0.539. The maximum absolute atomic E-state index is 11.1. The van der Waals surface area contributed by atoms with Crippen LogP contribution in [0, 0.1) is 10.1 Å². The number of para-hydroxylation sites is 1. The van der Waals surface area contributed by atoms with Gasteiger partial charge in [-0.1, -0.05) is 12.1 Å². The average Bonchev–Trinajstić information content (AvgIpc) is 3.13. The minimum Gasteiger partial charge on any atom is -0.472 e. The lowest BCUT2D eigenvalue weighted by atomic mass is 10.2. The van der Waals surface area contributed by atoms with Crippen LogP contribution >= 0.6 is 11.3 Å². The van der Waals surface area contributed by atoms with Gasteiger partial charge in [0.25, 0.3) is 5.69 Å². The van der Waals surface area contributed by atoms with Gasteiger partial charge < -0.3 is 4.74 Å². The van der Waals surface area contributed by atoms with E-state index in [1.165, 1.54) is 22.8 Å². The third kappa shape index (κ3) is 2.43. The van der Waals surface area contributed by atoms with Gasteiger partial charge in [0.1, 0.15) is 17.8 Å². The predicted molar refractivity (Wildman–Crippen MR) is 86.9 cm³/mol. The van der Waals surface area contributed by atoms with Crippen LogP contribution in [0.2, 0.25) is 0 Å². The number of nitro groups is 1. The second-order valence-corrected chi connectivity index (χ2v) is 6.47. The van der Waals surface area contributed by atoms with E-state index in [9.17, 15) is 10.1 Å². The van der Waals surface area contributed by atoms with Crippen LogP contribution in [0.25, 0.3) is 10.2 Å². The highest BCUT2D eigenvalue weighted by Gasteiger charge is 2.22. The van der Waals surface area contributed by atoms with Crippen molar-refractivity contribution in [3.63, 3.8) is 0 Å². The number of hydrogen-bond donors (Lipinski definition) is 0. The molecule has 6 nitrogen and oxygen atoms in total. The smallest absolute Gasteiger partial charge is 0.276 e. The molecule has 0 atom stereocenters. The third-order valence-corrected chi connectivity index (χ3v) is 5.22. The topological polar surface area (TPSA) is 78.2 Å². The van der Waals surface area contributed by atoms with Crippen molar-refractivity contribution in [3.05, 3.63) is 56.7 Å². The Morgan fingerprint density at radius 3 is 3.00 bits per heavy atom. The van der Waals surface area contributed by atoms with Crippen molar-refractivity contribution < 1.29 is 9.66 Å². The van der Waals surface area contributed by atoms with E-state index >= 15 is 0 Å². The highest BCUT2D eigenvalue weighted by Crippen LogP contribution is 2.40. The summed E-state index contributed by atoms with van der Waals surface area (Å²) < 4.78 is 5.83. The fourth-order valence-electron chi connectivity index (χ4n) is 2.97. The monoisotopic (exact) mass is 327 g/mol. The molecule has 0 spiro atoms. The Bertz CT molecular complexity index is 907. The Balaban J connectivity index is 1.68. The molecule has 0 fully saturated rings. The second-order valence-electron chi connectivity index (χ2n) is 5.39. The standard InChI is InChI=1S/C16H13N3O3S/c20-19(21)12-6-2-1-4-10(12)8-22-15-14-11-5-3-7-13(11)23-16(14)18-9-17-15/h1-2,4,6,9H,3,5,7-8H2. The van der Waals surface area contributed by atoms with Crippen LogP contribution in [-0.2, 0) is 19.4 Å². The molecule has 0 unspecified atom stereocenters. The molecule has 116 valence electrons. The number of aryl methyl sites for hydroxylation is 2. The van der Waals surface area contributed by atoms with Gasteiger partial charge in [0.15, 0.2) is 0 Å². The molecule has 0 aliphatic heterocycles. The molecule has 2 aromatic heterocycles. The van der Waals surface area contributed by atoms with Crippen molar-refractivity contribution in [2.75, 3.05) is 0 Å². The minimum atomic E-state index is -0.392. The number of aromatic nitrogens is 2. The number of nitrogens with zero attached hydrogens (tertiary/aromatic N) is 3. The number of ether oxygens (including phenoxy) is 1. The molecule has 2 heterocycles. The SMILES string of the molecule is O=[N+]([O-])c1ccccc1COc1ncnc2sc3c(c12)CCC3. The van der Waals surface area contributed by atoms with Crippen molar-refractivity contribution >= 4 is 27.2 Å². The van der Waals surface area contributed by atoms with Crippen molar-refractivity contribution in [3.8, 4) is 5.88 Å².